The molecule has 2 aromatic heterocycles. The van der Waals surface area contributed by atoms with Crippen molar-refractivity contribution in [3.8, 4) is 0 Å². The highest BCUT2D eigenvalue weighted by Gasteiger charge is 2.23. The highest BCUT2D eigenvalue weighted by atomic mass is 32.2. The number of nitrogens with zero attached hydrogens (tertiary/aromatic N) is 4. The van der Waals surface area contributed by atoms with Gasteiger partial charge in [-0.2, -0.15) is 4.31 Å². The van der Waals surface area contributed by atoms with Crippen LogP contribution in [0.2, 0.25) is 0 Å². The average Bonchev–Trinajstić information content (AvgIpc) is 3.18. The van der Waals surface area contributed by atoms with Gasteiger partial charge in [0.05, 0.1) is 16.8 Å². The predicted molar refractivity (Wildman–Crippen MR) is 113 cm³/mol. The molecule has 1 aromatic carbocycles. The molecule has 0 saturated carbocycles. The molecule has 0 aliphatic carbocycles. The van der Waals surface area contributed by atoms with Crippen molar-refractivity contribution >= 4 is 31.5 Å². The van der Waals surface area contributed by atoms with Crippen LogP contribution in [-0.4, -0.2) is 40.4 Å². The van der Waals surface area contributed by atoms with Crippen molar-refractivity contribution < 1.29 is 8.42 Å². The standard InChI is InChI=1S/C19H27N5O2S2/c1-13(2)23(6)28(25,26)15-9-7-14(8-10-15)11-20-17-22-24-12-16(19(3,4)5)21-18(24)27-17/h7-10,12-13H,11H2,1-6H3,(H,20,22). The fourth-order valence-electron chi connectivity index (χ4n) is 2.53. The molecule has 0 atom stereocenters. The Kier molecular flexibility index (Phi) is 5.53. The maximum absolute atomic E-state index is 12.5. The predicted octanol–water partition coefficient (Wildman–Crippen LogP) is 3.73. The number of sulfonamides is 1. The van der Waals surface area contributed by atoms with E-state index in [1.54, 1.807) is 23.7 Å². The third-order valence-electron chi connectivity index (χ3n) is 4.58. The quantitative estimate of drug-likeness (QED) is 0.656. The summed E-state index contributed by atoms with van der Waals surface area (Å²) in [5, 5.41) is 8.58. The van der Waals surface area contributed by atoms with Crippen LogP contribution >= 0.6 is 11.3 Å². The van der Waals surface area contributed by atoms with Crippen LogP contribution in [0, 0.1) is 0 Å². The molecule has 0 saturated heterocycles. The summed E-state index contributed by atoms with van der Waals surface area (Å²) in [5.74, 6) is 0. The molecule has 152 valence electrons. The molecule has 2 heterocycles. The van der Waals surface area contributed by atoms with Crippen molar-refractivity contribution in [3.05, 3.63) is 41.7 Å². The fraction of sp³-hybridized carbons (Fsp3) is 0.474. The van der Waals surface area contributed by atoms with E-state index in [9.17, 15) is 8.42 Å². The van der Waals surface area contributed by atoms with Crippen LogP contribution in [0.1, 0.15) is 45.9 Å². The minimum absolute atomic E-state index is 0.00721. The number of rotatable bonds is 6. The van der Waals surface area contributed by atoms with Crippen LogP contribution in [0.4, 0.5) is 5.13 Å². The van der Waals surface area contributed by atoms with E-state index in [1.165, 1.54) is 15.6 Å². The van der Waals surface area contributed by atoms with Crippen molar-refractivity contribution in [1.82, 2.24) is 18.9 Å². The number of hydrogen-bond donors (Lipinski definition) is 1. The Balaban J connectivity index is 1.68. The summed E-state index contributed by atoms with van der Waals surface area (Å²) in [4.78, 5) is 5.79. The van der Waals surface area contributed by atoms with E-state index in [4.69, 9.17) is 0 Å². The lowest BCUT2D eigenvalue weighted by Crippen LogP contribution is -2.33. The maximum Gasteiger partial charge on any atom is 0.243 e. The maximum atomic E-state index is 12.5. The van der Waals surface area contributed by atoms with Gasteiger partial charge in [-0.1, -0.05) is 44.2 Å². The molecule has 3 rings (SSSR count). The van der Waals surface area contributed by atoms with Crippen LogP contribution in [0.3, 0.4) is 0 Å². The number of hydrogen-bond acceptors (Lipinski definition) is 6. The number of benzene rings is 1. The van der Waals surface area contributed by atoms with Crippen molar-refractivity contribution in [2.24, 2.45) is 0 Å². The Bertz CT molecular complexity index is 1030. The number of nitrogens with one attached hydrogen (secondary N) is 1. The minimum Gasteiger partial charge on any atom is -0.356 e. The summed E-state index contributed by atoms with van der Waals surface area (Å²) in [5.41, 5.74) is 1.99. The van der Waals surface area contributed by atoms with Crippen LogP contribution < -0.4 is 5.32 Å². The minimum atomic E-state index is -3.46. The summed E-state index contributed by atoms with van der Waals surface area (Å²) in [6.07, 6.45) is 1.96. The third-order valence-corrected chi connectivity index (χ3v) is 7.51. The first-order valence-electron chi connectivity index (χ1n) is 9.16. The monoisotopic (exact) mass is 421 g/mol. The molecule has 0 bridgehead atoms. The average molecular weight is 422 g/mol. The highest BCUT2D eigenvalue weighted by Crippen LogP contribution is 2.26. The van der Waals surface area contributed by atoms with E-state index >= 15 is 0 Å². The molecular weight excluding hydrogens is 394 g/mol. The van der Waals surface area contributed by atoms with E-state index in [-0.39, 0.29) is 11.5 Å². The summed E-state index contributed by atoms with van der Waals surface area (Å²) >= 11 is 1.50. The van der Waals surface area contributed by atoms with Crippen molar-refractivity contribution in [1.29, 1.82) is 0 Å². The van der Waals surface area contributed by atoms with E-state index in [0.717, 1.165) is 21.3 Å². The first kappa shape index (κ1) is 20.8. The Morgan fingerprint density at radius 1 is 1.21 bits per heavy atom. The molecule has 9 heteroatoms. The number of anilines is 1. The smallest absolute Gasteiger partial charge is 0.243 e. The first-order valence-corrected chi connectivity index (χ1v) is 11.4. The van der Waals surface area contributed by atoms with Gasteiger partial charge < -0.3 is 5.32 Å². The van der Waals surface area contributed by atoms with Gasteiger partial charge >= 0.3 is 0 Å². The van der Waals surface area contributed by atoms with E-state index < -0.39 is 10.0 Å². The fourth-order valence-corrected chi connectivity index (χ4v) is 4.68. The summed E-state index contributed by atoms with van der Waals surface area (Å²) in [6, 6.07) is 6.86. The lowest BCUT2D eigenvalue weighted by molar-refractivity contribution is 0.410. The lowest BCUT2D eigenvalue weighted by atomic mass is 9.93. The first-order chi connectivity index (χ1) is 13.0. The number of aromatic nitrogens is 3. The van der Waals surface area contributed by atoms with Crippen LogP contribution in [0.15, 0.2) is 35.4 Å². The second kappa shape index (κ2) is 7.46. The Labute approximate surface area is 170 Å². The lowest BCUT2D eigenvalue weighted by Gasteiger charge is -2.21. The van der Waals surface area contributed by atoms with Gasteiger partial charge in [-0.3, -0.25) is 0 Å². The Hall–Kier alpha value is -1.97. The molecule has 0 aliphatic rings. The zero-order valence-electron chi connectivity index (χ0n) is 17.1. The van der Waals surface area contributed by atoms with E-state index in [2.05, 4.69) is 36.2 Å². The summed E-state index contributed by atoms with van der Waals surface area (Å²) in [7, 11) is -1.86. The molecule has 0 spiro atoms. The van der Waals surface area contributed by atoms with Crippen LogP contribution in [-0.2, 0) is 22.0 Å². The zero-order valence-corrected chi connectivity index (χ0v) is 18.7. The van der Waals surface area contributed by atoms with E-state index in [0.29, 0.717) is 11.4 Å². The normalized spacial score (nSPS) is 13.0. The third kappa shape index (κ3) is 4.21. The van der Waals surface area contributed by atoms with Crippen molar-refractivity contribution in [3.63, 3.8) is 0 Å². The van der Waals surface area contributed by atoms with E-state index in [1.807, 2.05) is 32.2 Å². The molecular formula is C19H27N5O2S2. The van der Waals surface area contributed by atoms with Gasteiger partial charge in [0.1, 0.15) is 0 Å². The molecule has 0 unspecified atom stereocenters. The zero-order chi connectivity index (χ0) is 20.7. The largest absolute Gasteiger partial charge is 0.356 e. The van der Waals surface area contributed by atoms with Crippen molar-refractivity contribution in [2.75, 3.05) is 12.4 Å². The topological polar surface area (TPSA) is 79.6 Å². The molecule has 7 nitrogen and oxygen atoms in total. The van der Waals surface area contributed by atoms with Gasteiger partial charge in [0.15, 0.2) is 0 Å². The second-order valence-electron chi connectivity index (χ2n) is 8.12. The van der Waals surface area contributed by atoms with Gasteiger partial charge in [0, 0.05) is 25.0 Å². The second-order valence-corrected chi connectivity index (χ2v) is 11.1. The highest BCUT2D eigenvalue weighted by molar-refractivity contribution is 7.89. The SMILES string of the molecule is CC(C)N(C)S(=O)(=O)c1ccc(CNc2nn3cc(C(C)(C)C)nc3s2)cc1. The van der Waals surface area contributed by atoms with Gasteiger partial charge in [-0.25, -0.2) is 17.9 Å². The Morgan fingerprint density at radius 3 is 2.39 bits per heavy atom. The van der Waals surface area contributed by atoms with Crippen LogP contribution in [0.25, 0.3) is 4.96 Å². The molecule has 1 N–H and O–H groups in total. The molecule has 0 amide bonds. The van der Waals surface area contributed by atoms with Gasteiger partial charge in [-0.05, 0) is 31.5 Å². The van der Waals surface area contributed by atoms with Gasteiger partial charge in [0.25, 0.3) is 0 Å². The number of imidazole rings is 1. The van der Waals surface area contributed by atoms with Crippen LogP contribution in [0.5, 0.6) is 0 Å². The van der Waals surface area contributed by atoms with Gasteiger partial charge in [-0.15, -0.1) is 5.10 Å². The van der Waals surface area contributed by atoms with Crippen molar-refractivity contribution in [2.45, 2.75) is 57.5 Å². The molecule has 28 heavy (non-hydrogen) atoms. The number of fused-ring (bicyclic) bond motifs is 1. The molecule has 0 radical (unpaired) electrons. The Morgan fingerprint density at radius 2 is 1.86 bits per heavy atom. The molecule has 0 fully saturated rings. The summed E-state index contributed by atoms with van der Waals surface area (Å²) in [6.45, 7) is 10.6. The van der Waals surface area contributed by atoms with Gasteiger partial charge in [0.2, 0.25) is 20.1 Å². The molecule has 3 aromatic rings. The molecule has 0 aliphatic heterocycles. The summed E-state index contributed by atoms with van der Waals surface area (Å²) < 4.78 is 28.2.